The van der Waals surface area contributed by atoms with Crippen LogP contribution < -0.4 is 14.8 Å². The van der Waals surface area contributed by atoms with E-state index in [1.807, 2.05) is 13.0 Å². The minimum Gasteiger partial charge on any atom is -0.497 e. The highest BCUT2D eigenvalue weighted by atomic mass is 16.5. The Kier molecular flexibility index (Phi) is 3.76. The highest BCUT2D eigenvalue weighted by Gasteiger charge is 2.18. The Morgan fingerprint density at radius 1 is 1.32 bits per heavy atom. The van der Waals surface area contributed by atoms with E-state index < -0.39 is 0 Å². The molecule has 0 saturated heterocycles. The number of ether oxygens (including phenoxy) is 2. The molecular formula is C14H18N2O3. The Morgan fingerprint density at radius 3 is 2.63 bits per heavy atom. The van der Waals surface area contributed by atoms with E-state index in [0.717, 1.165) is 16.6 Å². The average Bonchev–Trinajstić information content (AvgIpc) is 2.73. The van der Waals surface area contributed by atoms with Crippen LogP contribution in [0.25, 0.3) is 10.9 Å². The molecule has 5 heteroatoms. The highest BCUT2D eigenvalue weighted by Crippen LogP contribution is 2.34. The van der Waals surface area contributed by atoms with Crippen molar-refractivity contribution in [2.24, 2.45) is 0 Å². The van der Waals surface area contributed by atoms with E-state index in [9.17, 15) is 4.79 Å². The van der Waals surface area contributed by atoms with Crippen molar-refractivity contribution < 1.29 is 14.3 Å². The first-order valence-corrected chi connectivity index (χ1v) is 6.04. The first-order valence-electron chi connectivity index (χ1n) is 6.04. The molecule has 2 N–H and O–H groups in total. The number of hydrogen-bond donors (Lipinski definition) is 2. The number of benzene rings is 1. The molecule has 0 bridgehead atoms. The van der Waals surface area contributed by atoms with Crippen LogP contribution in [0.5, 0.6) is 11.5 Å². The number of ketones is 1. The predicted molar refractivity (Wildman–Crippen MR) is 74.4 cm³/mol. The molecule has 0 aliphatic rings. The van der Waals surface area contributed by atoms with Gasteiger partial charge >= 0.3 is 0 Å². The number of aryl methyl sites for hydroxylation is 1. The summed E-state index contributed by atoms with van der Waals surface area (Å²) in [5.74, 6) is 1.38. The molecule has 0 aliphatic heterocycles. The van der Waals surface area contributed by atoms with E-state index in [1.54, 1.807) is 27.3 Å². The van der Waals surface area contributed by atoms with Crippen molar-refractivity contribution in [3.63, 3.8) is 0 Å². The Balaban J connectivity index is 2.70. The van der Waals surface area contributed by atoms with E-state index >= 15 is 0 Å². The summed E-state index contributed by atoms with van der Waals surface area (Å²) in [5, 5.41) is 3.71. The van der Waals surface area contributed by atoms with Gasteiger partial charge in [0.05, 0.1) is 26.3 Å². The summed E-state index contributed by atoms with van der Waals surface area (Å²) in [7, 11) is 4.94. The number of methoxy groups -OCH3 is 2. The van der Waals surface area contributed by atoms with Crippen molar-refractivity contribution in [3.05, 3.63) is 23.4 Å². The SMILES string of the molecule is CNCC(=O)c1c(C)[nH]c2c(OC)cc(OC)cc12. The maximum Gasteiger partial charge on any atom is 0.179 e. The summed E-state index contributed by atoms with van der Waals surface area (Å²) in [6, 6.07) is 3.65. The smallest absolute Gasteiger partial charge is 0.179 e. The number of aromatic amines is 1. The lowest BCUT2D eigenvalue weighted by Gasteiger charge is -2.06. The van der Waals surface area contributed by atoms with Crippen LogP contribution in [0.3, 0.4) is 0 Å². The second-order valence-electron chi connectivity index (χ2n) is 4.33. The molecule has 19 heavy (non-hydrogen) atoms. The molecule has 2 aromatic rings. The van der Waals surface area contributed by atoms with Crippen LogP contribution in [0, 0.1) is 6.92 Å². The van der Waals surface area contributed by atoms with Gasteiger partial charge in [0.2, 0.25) is 0 Å². The highest BCUT2D eigenvalue weighted by molar-refractivity contribution is 6.11. The van der Waals surface area contributed by atoms with Crippen molar-refractivity contribution in [3.8, 4) is 11.5 Å². The van der Waals surface area contributed by atoms with Gasteiger partial charge in [-0.25, -0.2) is 0 Å². The van der Waals surface area contributed by atoms with Gasteiger partial charge in [0.1, 0.15) is 11.5 Å². The van der Waals surface area contributed by atoms with Crippen molar-refractivity contribution in [2.75, 3.05) is 27.8 Å². The maximum atomic E-state index is 12.2. The molecule has 102 valence electrons. The quantitative estimate of drug-likeness (QED) is 0.808. The molecule has 1 aromatic heterocycles. The number of carbonyl (C=O) groups excluding carboxylic acids is 1. The van der Waals surface area contributed by atoms with Crippen LogP contribution >= 0.6 is 0 Å². The van der Waals surface area contributed by atoms with Gasteiger partial charge in [0.15, 0.2) is 5.78 Å². The zero-order valence-corrected chi connectivity index (χ0v) is 11.6. The molecule has 0 fully saturated rings. The van der Waals surface area contributed by atoms with E-state index in [-0.39, 0.29) is 5.78 Å². The van der Waals surface area contributed by atoms with E-state index in [0.29, 0.717) is 23.6 Å². The number of likely N-dealkylation sites (N-methyl/N-ethyl adjacent to an activating group) is 1. The molecule has 0 aliphatic carbocycles. The minimum absolute atomic E-state index is 0.0431. The fourth-order valence-corrected chi connectivity index (χ4v) is 2.26. The topological polar surface area (TPSA) is 63.4 Å². The summed E-state index contributed by atoms with van der Waals surface area (Å²) < 4.78 is 10.6. The van der Waals surface area contributed by atoms with Gasteiger partial charge in [-0.3, -0.25) is 4.79 Å². The van der Waals surface area contributed by atoms with Crippen LogP contribution in [-0.4, -0.2) is 38.6 Å². The number of carbonyl (C=O) groups is 1. The first kappa shape index (κ1) is 13.4. The van der Waals surface area contributed by atoms with Crippen LogP contribution in [0.15, 0.2) is 12.1 Å². The van der Waals surface area contributed by atoms with Gasteiger partial charge in [-0.1, -0.05) is 0 Å². The molecule has 5 nitrogen and oxygen atoms in total. The molecule has 1 heterocycles. The minimum atomic E-state index is 0.0431. The molecule has 0 amide bonds. The molecule has 0 saturated carbocycles. The lowest BCUT2D eigenvalue weighted by Crippen LogP contribution is -2.18. The largest absolute Gasteiger partial charge is 0.497 e. The normalized spacial score (nSPS) is 10.7. The number of nitrogens with one attached hydrogen (secondary N) is 2. The lowest BCUT2D eigenvalue weighted by molar-refractivity contribution is 0.0994. The Hall–Kier alpha value is -2.01. The van der Waals surface area contributed by atoms with Gasteiger partial charge < -0.3 is 19.8 Å². The number of rotatable bonds is 5. The fourth-order valence-electron chi connectivity index (χ4n) is 2.26. The second kappa shape index (κ2) is 5.32. The number of hydrogen-bond acceptors (Lipinski definition) is 4. The standard InChI is InChI=1S/C14H18N2O3/c1-8-13(11(17)7-15-2)10-5-9(18-3)6-12(19-4)14(10)16-8/h5-6,15-16H,7H2,1-4H3. The number of Topliss-reactive ketones (excluding diaryl/α,β-unsaturated/α-hetero) is 1. The summed E-state index contributed by atoms with van der Waals surface area (Å²) in [4.78, 5) is 15.4. The third kappa shape index (κ3) is 2.29. The zero-order valence-electron chi connectivity index (χ0n) is 11.6. The summed E-state index contributed by atoms with van der Waals surface area (Å²) in [5.41, 5.74) is 2.34. The van der Waals surface area contributed by atoms with Crippen LogP contribution in [0.4, 0.5) is 0 Å². The molecule has 1 aromatic carbocycles. The maximum absolute atomic E-state index is 12.2. The molecule has 2 rings (SSSR count). The van der Waals surface area contributed by atoms with Gasteiger partial charge in [0.25, 0.3) is 0 Å². The van der Waals surface area contributed by atoms with Gasteiger partial charge in [-0.05, 0) is 20.0 Å². The third-order valence-corrected chi connectivity index (χ3v) is 3.10. The molecule has 0 atom stereocenters. The number of fused-ring (bicyclic) bond motifs is 1. The molecular weight excluding hydrogens is 244 g/mol. The number of aromatic nitrogens is 1. The first-order chi connectivity index (χ1) is 9.12. The fraction of sp³-hybridized carbons (Fsp3) is 0.357. The molecule has 0 radical (unpaired) electrons. The lowest BCUT2D eigenvalue weighted by atomic mass is 10.1. The summed E-state index contributed by atoms with van der Waals surface area (Å²) >= 11 is 0. The second-order valence-corrected chi connectivity index (χ2v) is 4.33. The summed E-state index contributed by atoms with van der Waals surface area (Å²) in [6.45, 7) is 2.18. The van der Waals surface area contributed by atoms with Crippen molar-refractivity contribution in [1.82, 2.24) is 10.3 Å². The van der Waals surface area contributed by atoms with E-state index in [2.05, 4.69) is 10.3 Å². The van der Waals surface area contributed by atoms with Crippen molar-refractivity contribution in [2.45, 2.75) is 6.92 Å². The Bertz CT molecular complexity index is 617. The predicted octanol–water partition coefficient (Wildman–Crippen LogP) is 1.90. The van der Waals surface area contributed by atoms with Crippen LogP contribution in [-0.2, 0) is 0 Å². The van der Waals surface area contributed by atoms with E-state index in [1.165, 1.54) is 0 Å². The van der Waals surface area contributed by atoms with Crippen molar-refractivity contribution in [1.29, 1.82) is 0 Å². The van der Waals surface area contributed by atoms with E-state index in [4.69, 9.17) is 9.47 Å². The third-order valence-electron chi connectivity index (χ3n) is 3.10. The molecule has 0 spiro atoms. The monoisotopic (exact) mass is 262 g/mol. The van der Waals surface area contributed by atoms with Gasteiger partial charge in [0, 0.05) is 22.7 Å². The van der Waals surface area contributed by atoms with Gasteiger partial charge in [-0.2, -0.15) is 0 Å². The average molecular weight is 262 g/mol. The van der Waals surface area contributed by atoms with Gasteiger partial charge in [-0.15, -0.1) is 0 Å². The van der Waals surface area contributed by atoms with Crippen LogP contribution in [0.1, 0.15) is 16.1 Å². The zero-order chi connectivity index (χ0) is 14.0. The molecule has 0 unspecified atom stereocenters. The van der Waals surface area contributed by atoms with Crippen LogP contribution in [0.2, 0.25) is 0 Å². The van der Waals surface area contributed by atoms with Crippen molar-refractivity contribution >= 4 is 16.7 Å². The summed E-state index contributed by atoms with van der Waals surface area (Å²) in [6.07, 6.45) is 0. The number of H-pyrrole nitrogens is 1. The Labute approximate surface area is 111 Å². The Morgan fingerprint density at radius 2 is 2.05 bits per heavy atom.